The van der Waals surface area contributed by atoms with Gasteiger partial charge in [-0.2, -0.15) is 5.10 Å². The molecular formula is C22H26N6O2. The van der Waals surface area contributed by atoms with Crippen molar-refractivity contribution in [3.05, 3.63) is 62.8 Å². The number of H-pyrrole nitrogens is 1. The number of rotatable bonds is 6. The van der Waals surface area contributed by atoms with E-state index in [1.807, 2.05) is 52.0 Å². The van der Waals surface area contributed by atoms with E-state index in [-0.39, 0.29) is 11.6 Å². The van der Waals surface area contributed by atoms with Gasteiger partial charge in [0.2, 0.25) is 5.91 Å². The number of nitrogens with zero attached hydrogens (tertiary/aromatic N) is 4. The van der Waals surface area contributed by atoms with Crippen molar-refractivity contribution in [2.45, 2.75) is 47.1 Å². The predicted molar refractivity (Wildman–Crippen MR) is 116 cm³/mol. The number of benzene rings is 1. The molecule has 1 amide bonds. The predicted octanol–water partition coefficient (Wildman–Crippen LogP) is 2.35. The number of nitrogens with one attached hydrogen (secondary N) is 2. The van der Waals surface area contributed by atoms with E-state index < -0.39 is 0 Å². The number of hydrogen-bond acceptors (Lipinski definition) is 4. The van der Waals surface area contributed by atoms with Crippen LogP contribution >= 0.6 is 0 Å². The van der Waals surface area contributed by atoms with Gasteiger partial charge in [-0.15, -0.1) is 5.10 Å². The lowest BCUT2D eigenvalue weighted by Gasteiger charge is -2.05. The van der Waals surface area contributed by atoms with Gasteiger partial charge in [0.15, 0.2) is 5.65 Å². The minimum Gasteiger partial charge on any atom is -0.354 e. The van der Waals surface area contributed by atoms with Crippen molar-refractivity contribution in [1.82, 2.24) is 29.7 Å². The lowest BCUT2D eigenvalue weighted by Crippen LogP contribution is -2.31. The van der Waals surface area contributed by atoms with Gasteiger partial charge in [-0.05, 0) is 68.3 Å². The third-order valence-corrected chi connectivity index (χ3v) is 5.52. The Morgan fingerprint density at radius 2 is 1.97 bits per heavy atom. The first kappa shape index (κ1) is 19.9. The number of aromatic amines is 1. The van der Waals surface area contributed by atoms with E-state index in [1.54, 1.807) is 4.40 Å². The number of fused-ring (bicyclic) bond motifs is 3. The highest BCUT2D eigenvalue weighted by Crippen LogP contribution is 2.19. The average molecular weight is 406 g/mol. The highest BCUT2D eigenvalue weighted by molar-refractivity contribution is 5.84. The van der Waals surface area contributed by atoms with Gasteiger partial charge in [0.1, 0.15) is 0 Å². The first-order valence-electron chi connectivity index (χ1n) is 10.1. The maximum atomic E-state index is 13.0. The van der Waals surface area contributed by atoms with Crippen LogP contribution in [0.5, 0.6) is 0 Å². The van der Waals surface area contributed by atoms with E-state index in [0.717, 1.165) is 39.0 Å². The molecule has 0 radical (unpaired) electrons. The topological polar surface area (TPSA) is 97.1 Å². The summed E-state index contributed by atoms with van der Waals surface area (Å²) in [6, 6.07) is 8.09. The Hall–Kier alpha value is -3.42. The lowest BCUT2D eigenvalue weighted by molar-refractivity contribution is -0.121. The van der Waals surface area contributed by atoms with Gasteiger partial charge in [0.25, 0.3) is 0 Å². The highest BCUT2D eigenvalue weighted by atomic mass is 16.2. The molecule has 0 saturated heterocycles. The zero-order valence-electron chi connectivity index (χ0n) is 17.7. The molecule has 0 aliphatic carbocycles. The molecule has 0 fully saturated rings. The van der Waals surface area contributed by atoms with Crippen molar-refractivity contribution in [3.8, 4) is 0 Å². The second kappa shape index (κ2) is 7.78. The highest BCUT2D eigenvalue weighted by Gasteiger charge is 2.13. The second-order valence-corrected chi connectivity index (χ2v) is 7.82. The number of pyridine rings is 1. The zero-order chi connectivity index (χ0) is 21.4. The van der Waals surface area contributed by atoms with Gasteiger partial charge in [0, 0.05) is 18.7 Å². The summed E-state index contributed by atoms with van der Waals surface area (Å²) in [6.07, 6.45) is 1.02. The summed E-state index contributed by atoms with van der Waals surface area (Å²) in [4.78, 5) is 25.2. The van der Waals surface area contributed by atoms with Crippen LogP contribution in [0.2, 0.25) is 0 Å². The zero-order valence-corrected chi connectivity index (χ0v) is 17.7. The van der Waals surface area contributed by atoms with Crippen LogP contribution in [0.3, 0.4) is 0 Å². The SMILES string of the molecule is Cc1ccc2cc(C)c3nn(CCNC(=O)CCc4c(C)n[nH]c4C)c(=O)n3c2c1. The van der Waals surface area contributed by atoms with Crippen LogP contribution in [0.4, 0.5) is 0 Å². The molecule has 0 aliphatic heterocycles. The lowest BCUT2D eigenvalue weighted by atomic mass is 10.1. The van der Waals surface area contributed by atoms with Gasteiger partial charge in [-0.1, -0.05) is 12.1 Å². The molecule has 0 aliphatic rings. The minimum absolute atomic E-state index is 0.0518. The van der Waals surface area contributed by atoms with Crippen molar-refractivity contribution < 1.29 is 4.79 Å². The van der Waals surface area contributed by atoms with Crippen LogP contribution in [-0.2, 0) is 17.8 Å². The summed E-state index contributed by atoms with van der Waals surface area (Å²) in [7, 11) is 0. The van der Waals surface area contributed by atoms with E-state index in [4.69, 9.17) is 0 Å². The van der Waals surface area contributed by atoms with E-state index in [0.29, 0.717) is 31.6 Å². The Morgan fingerprint density at radius 3 is 2.70 bits per heavy atom. The molecule has 0 spiro atoms. The number of carbonyl (C=O) groups excluding carboxylic acids is 1. The fraction of sp³-hybridized carbons (Fsp3) is 0.364. The van der Waals surface area contributed by atoms with E-state index in [2.05, 4.69) is 20.6 Å². The molecule has 3 heterocycles. The fourth-order valence-electron chi connectivity index (χ4n) is 3.86. The Kier molecular flexibility index (Phi) is 5.15. The summed E-state index contributed by atoms with van der Waals surface area (Å²) in [6.45, 7) is 8.51. The van der Waals surface area contributed by atoms with E-state index in [9.17, 15) is 9.59 Å². The molecule has 4 aromatic rings. The molecule has 8 nitrogen and oxygen atoms in total. The van der Waals surface area contributed by atoms with Crippen molar-refractivity contribution in [2.24, 2.45) is 0 Å². The Bertz CT molecular complexity index is 1290. The molecule has 2 N–H and O–H groups in total. The van der Waals surface area contributed by atoms with Crippen LogP contribution in [0.1, 0.15) is 34.5 Å². The van der Waals surface area contributed by atoms with Crippen LogP contribution in [0, 0.1) is 27.7 Å². The summed E-state index contributed by atoms with van der Waals surface area (Å²) in [5.74, 6) is -0.0518. The van der Waals surface area contributed by atoms with E-state index >= 15 is 0 Å². The average Bonchev–Trinajstić information content (AvgIpc) is 3.21. The quantitative estimate of drug-likeness (QED) is 0.514. The Morgan fingerprint density at radius 1 is 1.17 bits per heavy atom. The molecule has 1 aromatic carbocycles. The fourth-order valence-corrected chi connectivity index (χ4v) is 3.86. The van der Waals surface area contributed by atoms with Crippen molar-refractivity contribution in [1.29, 1.82) is 0 Å². The molecule has 0 bridgehead atoms. The van der Waals surface area contributed by atoms with E-state index in [1.165, 1.54) is 4.68 Å². The molecular weight excluding hydrogens is 380 g/mol. The Labute approximate surface area is 173 Å². The van der Waals surface area contributed by atoms with Gasteiger partial charge in [0.05, 0.1) is 17.8 Å². The second-order valence-electron chi connectivity index (χ2n) is 7.82. The summed E-state index contributed by atoms with van der Waals surface area (Å²) in [5.41, 5.74) is 6.34. The maximum Gasteiger partial charge on any atom is 0.350 e. The third kappa shape index (κ3) is 3.60. The van der Waals surface area contributed by atoms with Crippen molar-refractivity contribution >= 4 is 22.5 Å². The van der Waals surface area contributed by atoms with Crippen molar-refractivity contribution in [3.63, 3.8) is 0 Å². The van der Waals surface area contributed by atoms with Gasteiger partial charge >= 0.3 is 5.69 Å². The van der Waals surface area contributed by atoms with Crippen LogP contribution in [-0.4, -0.2) is 36.8 Å². The number of hydrogen-bond donors (Lipinski definition) is 2. The van der Waals surface area contributed by atoms with Gasteiger partial charge in [-0.3, -0.25) is 9.89 Å². The minimum atomic E-state index is -0.191. The van der Waals surface area contributed by atoms with Gasteiger partial charge in [-0.25, -0.2) is 13.9 Å². The number of aromatic nitrogens is 5. The monoisotopic (exact) mass is 406 g/mol. The molecule has 8 heteroatoms. The summed E-state index contributed by atoms with van der Waals surface area (Å²) in [5, 5.41) is 15.5. The number of aryl methyl sites for hydroxylation is 4. The third-order valence-electron chi connectivity index (χ3n) is 5.52. The molecule has 3 aromatic heterocycles. The van der Waals surface area contributed by atoms with Crippen LogP contribution in [0.15, 0.2) is 29.1 Å². The van der Waals surface area contributed by atoms with Gasteiger partial charge < -0.3 is 5.32 Å². The molecule has 0 unspecified atom stereocenters. The first-order chi connectivity index (χ1) is 14.3. The first-order valence-corrected chi connectivity index (χ1v) is 10.1. The molecule has 30 heavy (non-hydrogen) atoms. The standard InChI is InChI=1S/C22H26N6O2/c1-13-5-6-17-12-14(2)21-26-27(22(30)28(21)19(17)11-13)10-9-23-20(29)8-7-18-15(3)24-25-16(18)4/h5-6,11-12H,7-10H2,1-4H3,(H,23,29)(H,24,25). The van der Waals surface area contributed by atoms with Crippen LogP contribution < -0.4 is 11.0 Å². The molecule has 0 atom stereocenters. The van der Waals surface area contributed by atoms with Crippen molar-refractivity contribution in [2.75, 3.05) is 6.54 Å². The largest absolute Gasteiger partial charge is 0.354 e. The molecule has 156 valence electrons. The number of amides is 1. The normalized spacial score (nSPS) is 11.5. The summed E-state index contributed by atoms with van der Waals surface area (Å²) < 4.78 is 3.08. The molecule has 4 rings (SSSR count). The van der Waals surface area contributed by atoms with Crippen LogP contribution in [0.25, 0.3) is 16.6 Å². The summed E-state index contributed by atoms with van der Waals surface area (Å²) >= 11 is 0. The smallest absolute Gasteiger partial charge is 0.350 e. The number of carbonyl (C=O) groups is 1. The molecule has 0 saturated carbocycles. The maximum absolute atomic E-state index is 13.0. The Balaban J connectivity index is 1.47.